The third kappa shape index (κ3) is 4.16. The van der Waals surface area contributed by atoms with E-state index >= 15 is 0 Å². The van der Waals surface area contributed by atoms with Gasteiger partial charge in [-0.2, -0.15) is 0 Å². The van der Waals surface area contributed by atoms with Crippen molar-refractivity contribution in [2.45, 2.75) is 56.5 Å². The molecule has 54 heavy (non-hydrogen) atoms. The van der Waals surface area contributed by atoms with Crippen LogP contribution in [0, 0.1) is 11.8 Å². The second-order valence-corrected chi connectivity index (χ2v) is 17.0. The molecule has 5 aromatic rings. The smallest absolute Gasteiger partial charge is 0.131 e. The number of allylic oxidation sites excluding steroid dienone is 9. The number of ether oxygens (including phenoxy) is 1. The normalized spacial score (nSPS) is 26.1. The summed E-state index contributed by atoms with van der Waals surface area (Å²) in [6.45, 7) is 4.90. The second-order valence-electron chi connectivity index (χ2n) is 17.0. The van der Waals surface area contributed by atoms with E-state index in [1.54, 1.807) is 0 Å². The Balaban J connectivity index is 1.01. The summed E-state index contributed by atoms with van der Waals surface area (Å²) in [5.74, 6) is 2.52. The van der Waals surface area contributed by atoms with Gasteiger partial charge < -0.3 is 4.74 Å². The summed E-state index contributed by atoms with van der Waals surface area (Å²) < 4.78 is 7.24. The Morgan fingerprint density at radius 3 is 2.46 bits per heavy atom. The van der Waals surface area contributed by atoms with Crippen LogP contribution in [0.15, 0.2) is 157 Å². The van der Waals surface area contributed by atoms with Crippen molar-refractivity contribution in [3.05, 3.63) is 201 Å². The first-order chi connectivity index (χ1) is 26.5. The number of rotatable bonds is 2. The van der Waals surface area contributed by atoms with Gasteiger partial charge in [-0.1, -0.05) is 153 Å². The fraction of sp³-hybridized carbons (Fsp3) is 0.208. The zero-order valence-corrected chi connectivity index (χ0v) is 30.9. The van der Waals surface area contributed by atoms with Crippen LogP contribution in [-0.4, -0.2) is 6.10 Å². The summed E-state index contributed by atoms with van der Waals surface area (Å²) in [6.07, 6.45) is 22.4. The molecule has 0 fully saturated rings. The predicted molar refractivity (Wildman–Crippen MR) is 223 cm³/mol. The van der Waals surface area contributed by atoms with Gasteiger partial charge in [0.2, 0.25) is 0 Å². The SMILES string of the molecule is CC1(C)c2ccccc2C2=CC=C(C3=CC4=c5ccccc5=C(C5=CC=CC6C5Oc5cc7ccccc7c7c5C6CC=C7)CC4c4ccccc43)CC21. The third-order valence-electron chi connectivity index (χ3n) is 14.2. The van der Waals surface area contributed by atoms with Gasteiger partial charge in [0.25, 0.3) is 0 Å². The van der Waals surface area contributed by atoms with Crippen LogP contribution < -0.4 is 15.2 Å². The number of fused-ring (bicyclic) bond motifs is 11. The molecule has 0 bridgehead atoms. The van der Waals surface area contributed by atoms with Gasteiger partial charge >= 0.3 is 0 Å². The Hall–Kier alpha value is -5.66. The van der Waals surface area contributed by atoms with Crippen LogP contribution in [0.25, 0.3) is 39.1 Å². The van der Waals surface area contributed by atoms with E-state index in [2.05, 4.69) is 166 Å². The van der Waals surface area contributed by atoms with Crippen LogP contribution in [0.3, 0.4) is 0 Å². The number of benzene rings is 5. The molecule has 1 heteroatoms. The maximum atomic E-state index is 7.24. The van der Waals surface area contributed by atoms with E-state index in [0.717, 1.165) is 25.0 Å². The van der Waals surface area contributed by atoms with Crippen molar-refractivity contribution in [3.63, 3.8) is 0 Å². The first kappa shape index (κ1) is 30.8. The zero-order valence-electron chi connectivity index (χ0n) is 30.9. The monoisotopic (exact) mass is 694 g/mol. The van der Waals surface area contributed by atoms with Gasteiger partial charge in [-0.05, 0) is 125 Å². The van der Waals surface area contributed by atoms with E-state index in [1.807, 2.05) is 0 Å². The van der Waals surface area contributed by atoms with Gasteiger partial charge in [0, 0.05) is 23.3 Å². The van der Waals surface area contributed by atoms with Gasteiger partial charge in [0.15, 0.2) is 0 Å². The molecule has 0 saturated heterocycles. The lowest BCUT2D eigenvalue weighted by Gasteiger charge is -2.44. The van der Waals surface area contributed by atoms with Gasteiger partial charge in [0.1, 0.15) is 11.9 Å². The number of hydrogen-bond acceptors (Lipinski definition) is 1. The molecule has 1 nitrogen and oxygen atoms in total. The molecule has 12 rings (SSSR count). The Kier molecular flexibility index (Phi) is 6.37. The summed E-state index contributed by atoms with van der Waals surface area (Å²) in [6, 6.07) is 38.7. The highest BCUT2D eigenvalue weighted by atomic mass is 16.5. The highest BCUT2D eigenvalue weighted by Gasteiger charge is 2.46. The molecule has 0 spiro atoms. The van der Waals surface area contributed by atoms with Crippen LogP contribution in [0.2, 0.25) is 0 Å². The Labute approximate surface area is 317 Å². The molecule has 1 heterocycles. The van der Waals surface area contributed by atoms with E-state index in [-0.39, 0.29) is 17.4 Å². The van der Waals surface area contributed by atoms with E-state index in [9.17, 15) is 0 Å². The molecule has 7 aliphatic rings. The minimum absolute atomic E-state index is 0.0187. The van der Waals surface area contributed by atoms with E-state index in [4.69, 9.17) is 4.74 Å². The van der Waals surface area contributed by atoms with Gasteiger partial charge in [-0.15, -0.1) is 0 Å². The van der Waals surface area contributed by atoms with Crippen molar-refractivity contribution in [1.29, 1.82) is 0 Å². The molecule has 0 aromatic heterocycles. The van der Waals surface area contributed by atoms with Gasteiger partial charge in [0.05, 0.1) is 0 Å². The fourth-order valence-electron chi connectivity index (χ4n) is 11.6. The second kappa shape index (κ2) is 11.2. The van der Waals surface area contributed by atoms with Crippen molar-refractivity contribution >= 4 is 39.1 Å². The Morgan fingerprint density at radius 2 is 1.54 bits per heavy atom. The molecule has 0 radical (unpaired) electrons. The van der Waals surface area contributed by atoms with Crippen molar-refractivity contribution < 1.29 is 4.74 Å². The van der Waals surface area contributed by atoms with Gasteiger partial charge in [-0.3, -0.25) is 0 Å². The molecule has 0 N–H and O–H groups in total. The highest BCUT2D eigenvalue weighted by molar-refractivity contribution is 5.97. The average molecular weight is 695 g/mol. The Morgan fingerprint density at radius 1 is 0.741 bits per heavy atom. The molecular formula is C53H42O. The predicted octanol–water partition coefficient (Wildman–Crippen LogP) is 11.1. The maximum Gasteiger partial charge on any atom is 0.131 e. The highest BCUT2D eigenvalue weighted by Crippen LogP contribution is 2.57. The lowest BCUT2D eigenvalue weighted by Crippen LogP contribution is -2.42. The van der Waals surface area contributed by atoms with E-state index < -0.39 is 0 Å². The molecule has 5 unspecified atom stereocenters. The van der Waals surface area contributed by atoms with Crippen LogP contribution in [0.1, 0.15) is 78.3 Å². The Bertz CT molecular complexity index is 2830. The molecule has 0 saturated carbocycles. The quantitative estimate of drug-likeness (QED) is 0.179. The van der Waals surface area contributed by atoms with Crippen LogP contribution in [0.4, 0.5) is 0 Å². The molecule has 1 aliphatic heterocycles. The largest absolute Gasteiger partial charge is 0.485 e. The van der Waals surface area contributed by atoms with Crippen LogP contribution >= 0.6 is 0 Å². The fourth-order valence-corrected chi connectivity index (χ4v) is 11.6. The summed E-state index contributed by atoms with van der Waals surface area (Å²) in [7, 11) is 0. The van der Waals surface area contributed by atoms with E-state index in [1.165, 1.54) is 88.0 Å². The zero-order chi connectivity index (χ0) is 35.7. The van der Waals surface area contributed by atoms with Gasteiger partial charge in [-0.25, -0.2) is 0 Å². The summed E-state index contributed by atoms with van der Waals surface area (Å²) >= 11 is 0. The maximum absolute atomic E-state index is 7.24. The van der Waals surface area contributed by atoms with Crippen molar-refractivity contribution in [1.82, 2.24) is 0 Å². The molecule has 5 aromatic carbocycles. The standard InChI is InChI=1S/C53H42O/c1-53(2)48-24-10-9-19-38(48)39-26-25-32(27-49(39)53)44-29-46-37-18-8-7-17-36(37)45(30-47(46)35-16-6-5-15-34(35)44)43-23-12-22-42-41-21-11-20-40-33-14-4-3-13-31(33)28-50(51(40)41)54-52(42)43/h3-20,22-26,28-29,41-42,47,49,52H,21,27,30H2,1-2H3. The summed E-state index contributed by atoms with van der Waals surface area (Å²) in [4.78, 5) is 0. The molecule has 0 amide bonds. The van der Waals surface area contributed by atoms with Crippen LogP contribution in [-0.2, 0) is 5.41 Å². The summed E-state index contributed by atoms with van der Waals surface area (Å²) in [5.41, 5.74) is 17.2. The average Bonchev–Trinajstić information content (AvgIpc) is 3.45. The topological polar surface area (TPSA) is 9.23 Å². The first-order valence-electron chi connectivity index (χ1n) is 20.0. The van der Waals surface area contributed by atoms with Crippen molar-refractivity contribution in [2.24, 2.45) is 11.8 Å². The minimum Gasteiger partial charge on any atom is -0.485 e. The molecular weight excluding hydrogens is 653 g/mol. The molecule has 260 valence electrons. The van der Waals surface area contributed by atoms with E-state index in [0.29, 0.717) is 17.8 Å². The third-order valence-corrected chi connectivity index (χ3v) is 14.2. The van der Waals surface area contributed by atoms with Crippen molar-refractivity contribution in [3.8, 4) is 5.75 Å². The number of hydrogen-bond donors (Lipinski definition) is 0. The van der Waals surface area contributed by atoms with Crippen molar-refractivity contribution in [2.75, 3.05) is 0 Å². The lowest BCUT2D eigenvalue weighted by atomic mass is 9.66. The van der Waals surface area contributed by atoms with Crippen LogP contribution in [0.5, 0.6) is 5.75 Å². The summed E-state index contributed by atoms with van der Waals surface area (Å²) in [5, 5.41) is 5.32. The molecule has 6 aliphatic carbocycles. The molecule has 5 atom stereocenters. The first-order valence-corrected chi connectivity index (χ1v) is 20.0. The lowest BCUT2D eigenvalue weighted by molar-refractivity contribution is 0.149. The minimum atomic E-state index is -0.0187.